The van der Waals surface area contributed by atoms with Gasteiger partial charge >= 0.3 is 0 Å². The molecule has 2 nitrogen and oxygen atoms in total. The summed E-state index contributed by atoms with van der Waals surface area (Å²) in [6.07, 6.45) is 6.25. The standard InChI is InChI=1S/C16H30N2S/c1-6-8-9-16(7-2,12-17-13(3)4)10-15-18-14(5)11-19-15/h11,13,17H,6-10,12H2,1-5H3. The highest BCUT2D eigenvalue weighted by Crippen LogP contribution is 2.33. The van der Waals surface area contributed by atoms with E-state index in [2.05, 4.69) is 50.3 Å². The molecule has 19 heavy (non-hydrogen) atoms. The average Bonchev–Trinajstić information content (AvgIpc) is 2.78. The van der Waals surface area contributed by atoms with E-state index in [0.717, 1.165) is 18.7 Å². The van der Waals surface area contributed by atoms with E-state index < -0.39 is 0 Å². The zero-order valence-corrected chi connectivity index (χ0v) is 14.1. The van der Waals surface area contributed by atoms with Crippen LogP contribution in [0.5, 0.6) is 0 Å². The van der Waals surface area contributed by atoms with Crippen LogP contribution < -0.4 is 5.32 Å². The molecule has 1 N–H and O–H groups in total. The lowest BCUT2D eigenvalue weighted by Gasteiger charge is -2.33. The van der Waals surface area contributed by atoms with Crippen LogP contribution in [0.4, 0.5) is 0 Å². The highest BCUT2D eigenvalue weighted by Gasteiger charge is 2.29. The third-order valence-corrected chi connectivity index (χ3v) is 4.86. The summed E-state index contributed by atoms with van der Waals surface area (Å²) in [6.45, 7) is 12.3. The van der Waals surface area contributed by atoms with Crippen molar-refractivity contribution in [2.45, 2.75) is 72.8 Å². The van der Waals surface area contributed by atoms with E-state index in [-0.39, 0.29) is 0 Å². The highest BCUT2D eigenvalue weighted by atomic mass is 32.1. The van der Waals surface area contributed by atoms with Crippen molar-refractivity contribution in [1.29, 1.82) is 0 Å². The summed E-state index contributed by atoms with van der Waals surface area (Å²) in [4.78, 5) is 4.67. The smallest absolute Gasteiger partial charge is 0.0934 e. The first-order chi connectivity index (χ1) is 9.01. The zero-order valence-electron chi connectivity index (χ0n) is 13.3. The van der Waals surface area contributed by atoms with Gasteiger partial charge in [0.15, 0.2) is 0 Å². The lowest BCUT2D eigenvalue weighted by Crippen LogP contribution is -2.39. The van der Waals surface area contributed by atoms with Crippen LogP contribution >= 0.6 is 11.3 Å². The fraction of sp³-hybridized carbons (Fsp3) is 0.812. The number of hydrogen-bond donors (Lipinski definition) is 1. The number of unbranched alkanes of at least 4 members (excludes halogenated alkanes) is 1. The van der Waals surface area contributed by atoms with E-state index in [0.29, 0.717) is 11.5 Å². The molecular formula is C16H30N2S. The number of thiazole rings is 1. The topological polar surface area (TPSA) is 24.9 Å². The van der Waals surface area contributed by atoms with Gasteiger partial charge in [0.05, 0.1) is 5.01 Å². The molecule has 1 aromatic heterocycles. The van der Waals surface area contributed by atoms with Crippen LogP contribution in [0.2, 0.25) is 0 Å². The number of rotatable bonds is 9. The maximum Gasteiger partial charge on any atom is 0.0934 e. The Morgan fingerprint density at radius 3 is 2.58 bits per heavy atom. The van der Waals surface area contributed by atoms with Crippen molar-refractivity contribution >= 4 is 11.3 Å². The third kappa shape index (κ3) is 5.62. The lowest BCUT2D eigenvalue weighted by atomic mass is 9.77. The van der Waals surface area contributed by atoms with Crippen LogP contribution in [0.3, 0.4) is 0 Å². The molecule has 0 aromatic carbocycles. The fourth-order valence-corrected chi connectivity index (χ4v) is 3.39. The first-order valence-electron chi connectivity index (χ1n) is 7.65. The number of nitrogens with one attached hydrogen (secondary N) is 1. The quantitative estimate of drug-likeness (QED) is 0.717. The molecule has 0 aliphatic heterocycles. The molecule has 1 atom stereocenters. The average molecular weight is 282 g/mol. The molecule has 0 radical (unpaired) electrons. The van der Waals surface area contributed by atoms with Crippen molar-refractivity contribution in [3.8, 4) is 0 Å². The molecule has 3 heteroatoms. The minimum atomic E-state index is 0.380. The Morgan fingerprint density at radius 1 is 1.37 bits per heavy atom. The Hall–Kier alpha value is -0.410. The minimum Gasteiger partial charge on any atom is -0.314 e. The van der Waals surface area contributed by atoms with Crippen molar-refractivity contribution in [2.75, 3.05) is 6.54 Å². The van der Waals surface area contributed by atoms with E-state index in [9.17, 15) is 0 Å². The number of aromatic nitrogens is 1. The molecule has 0 fully saturated rings. The van der Waals surface area contributed by atoms with Crippen molar-refractivity contribution in [3.05, 3.63) is 16.1 Å². The predicted octanol–water partition coefficient (Wildman–Crippen LogP) is 4.58. The molecule has 1 unspecified atom stereocenters. The largest absolute Gasteiger partial charge is 0.314 e. The van der Waals surface area contributed by atoms with Gasteiger partial charge in [-0.25, -0.2) is 4.98 Å². The molecule has 1 rings (SSSR count). The Balaban J connectivity index is 2.75. The summed E-state index contributed by atoms with van der Waals surface area (Å²) in [6, 6.07) is 0.561. The summed E-state index contributed by atoms with van der Waals surface area (Å²) in [5, 5.41) is 7.13. The monoisotopic (exact) mass is 282 g/mol. The number of hydrogen-bond acceptors (Lipinski definition) is 3. The zero-order chi connectivity index (χ0) is 14.3. The summed E-state index contributed by atoms with van der Waals surface area (Å²) in [5.41, 5.74) is 1.54. The Labute approximate surface area is 123 Å². The van der Waals surface area contributed by atoms with E-state index in [1.807, 2.05) is 11.3 Å². The minimum absolute atomic E-state index is 0.380. The van der Waals surface area contributed by atoms with Crippen LogP contribution in [-0.2, 0) is 6.42 Å². The van der Waals surface area contributed by atoms with Gasteiger partial charge in [-0.3, -0.25) is 0 Å². The van der Waals surface area contributed by atoms with Gasteiger partial charge in [-0.2, -0.15) is 0 Å². The summed E-state index contributed by atoms with van der Waals surface area (Å²) in [5.74, 6) is 0. The first kappa shape index (κ1) is 16.6. The van der Waals surface area contributed by atoms with Crippen molar-refractivity contribution in [3.63, 3.8) is 0 Å². The number of aryl methyl sites for hydroxylation is 1. The molecule has 110 valence electrons. The highest BCUT2D eigenvalue weighted by molar-refractivity contribution is 7.09. The van der Waals surface area contributed by atoms with E-state index >= 15 is 0 Å². The molecule has 0 amide bonds. The van der Waals surface area contributed by atoms with Gasteiger partial charge in [-0.1, -0.05) is 40.5 Å². The maximum absolute atomic E-state index is 4.67. The lowest BCUT2D eigenvalue weighted by molar-refractivity contribution is 0.222. The van der Waals surface area contributed by atoms with Crippen molar-refractivity contribution < 1.29 is 0 Å². The molecule has 1 aromatic rings. The summed E-state index contributed by atoms with van der Waals surface area (Å²) in [7, 11) is 0. The van der Waals surface area contributed by atoms with Crippen LogP contribution in [-0.4, -0.2) is 17.6 Å². The molecular weight excluding hydrogens is 252 g/mol. The van der Waals surface area contributed by atoms with Gasteiger partial charge in [-0.05, 0) is 25.2 Å². The predicted molar refractivity (Wildman–Crippen MR) is 85.9 cm³/mol. The van der Waals surface area contributed by atoms with Gasteiger partial charge in [0.1, 0.15) is 0 Å². The molecule has 0 saturated heterocycles. The van der Waals surface area contributed by atoms with E-state index in [1.165, 1.54) is 30.7 Å². The normalized spacial score (nSPS) is 14.8. The molecule has 0 aliphatic carbocycles. The van der Waals surface area contributed by atoms with Gasteiger partial charge < -0.3 is 5.32 Å². The molecule has 1 heterocycles. The van der Waals surface area contributed by atoms with Crippen LogP contribution in [0.15, 0.2) is 5.38 Å². The molecule has 0 spiro atoms. The van der Waals surface area contributed by atoms with Gasteiger partial charge in [0, 0.05) is 30.1 Å². The van der Waals surface area contributed by atoms with E-state index in [4.69, 9.17) is 0 Å². The fourth-order valence-electron chi connectivity index (χ4n) is 2.44. The van der Waals surface area contributed by atoms with Crippen LogP contribution in [0.1, 0.15) is 64.1 Å². The van der Waals surface area contributed by atoms with Crippen molar-refractivity contribution in [2.24, 2.45) is 5.41 Å². The second-order valence-electron chi connectivity index (χ2n) is 6.05. The summed E-state index contributed by atoms with van der Waals surface area (Å²) < 4.78 is 0. The Morgan fingerprint density at radius 2 is 2.11 bits per heavy atom. The van der Waals surface area contributed by atoms with E-state index in [1.54, 1.807) is 0 Å². The van der Waals surface area contributed by atoms with Crippen molar-refractivity contribution in [1.82, 2.24) is 10.3 Å². The molecule has 0 bridgehead atoms. The van der Waals surface area contributed by atoms with Gasteiger partial charge in [0.2, 0.25) is 0 Å². The molecule has 0 saturated carbocycles. The molecule has 0 aliphatic rings. The van der Waals surface area contributed by atoms with Crippen LogP contribution in [0, 0.1) is 12.3 Å². The van der Waals surface area contributed by atoms with Gasteiger partial charge in [0.25, 0.3) is 0 Å². The Bertz CT molecular complexity index is 359. The summed E-state index contributed by atoms with van der Waals surface area (Å²) >= 11 is 1.82. The Kier molecular flexibility index (Phi) is 7.01. The number of nitrogens with zero attached hydrogens (tertiary/aromatic N) is 1. The third-order valence-electron chi connectivity index (χ3n) is 3.89. The van der Waals surface area contributed by atoms with Gasteiger partial charge in [-0.15, -0.1) is 11.3 Å². The second kappa shape index (κ2) is 8.01. The second-order valence-corrected chi connectivity index (χ2v) is 6.99. The SMILES string of the molecule is CCCCC(CC)(CNC(C)C)Cc1nc(C)cs1. The maximum atomic E-state index is 4.67. The van der Waals surface area contributed by atoms with Crippen LogP contribution in [0.25, 0.3) is 0 Å². The first-order valence-corrected chi connectivity index (χ1v) is 8.53.